The summed E-state index contributed by atoms with van der Waals surface area (Å²) in [4.78, 5) is 12.4. The molecule has 1 aliphatic rings. The van der Waals surface area contributed by atoms with Gasteiger partial charge in [0.1, 0.15) is 5.82 Å². The summed E-state index contributed by atoms with van der Waals surface area (Å²) in [6.45, 7) is 7.38. The van der Waals surface area contributed by atoms with E-state index in [4.69, 9.17) is 10.5 Å². The van der Waals surface area contributed by atoms with Crippen LogP contribution in [-0.2, 0) is 10.5 Å². The third-order valence-corrected chi connectivity index (χ3v) is 5.84. The van der Waals surface area contributed by atoms with E-state index in [0.717, 1.165) is 53.5 Å². The molecule has 2 aromatic heterocycles. The Hall–Kier alpha value is -1.31. The number of aromatic nitrogens is 2. The van der Waals surface area contributed by atoms with Crippen molar-refractivity contribution in [3.05, 3.63) is 28.4 Å². The molecule has 0 aliphatic carbocycles. The molecule has 1 fully saturated rings. The van der Waals surface area contributed by atoms with Gasteiger partial charge >= 0.3 is 0 Å². The molecule has 1 saturated heterocycles. The minimum absolute atomic E-state index is 0.325. The number of hydrogen-bond donors (Lipinski definition) is 0. The van der Waals surface area contributed by atoms with E-state index in [1.807, 2.05) is 13.0 Å². The van der Waals surface area contributed by atoms with Gasteiger partial charge in [-0.2, -0.15) is 0 Å². The maximum atomic E-state index is 7.93. The van der Waals surface area contributed by atoms with Crippen LogP contribution in [0.2, 0.25) is 0 Å². The number of rotatable bonds is 4. The van der Waals surface area contributed by atoms with E-state index in [-0.39, 0.29) is 0 Å². The lowest BCUT2D eigenvalue weighted by Gasteiger charge is -2.29. The van der Waals surface area contributed by atoms with Gasteiger partial charge in [-0.05, 0) is 19.9 Å². The van der Waals surface area contributed by atoms with Gasteiger partial charge in [-0.15, -0.1) is 11.3 Å². The quantitative estimate of drug-likeness (QED) is 0.803. The van der Waals surface area contributed by atoms with Crippen LogP contribution in [0.3, 0.4) is 0 Å². The van der Waals surface area contributed by atoms with Crippen molar-refractivity contribution in [3.8, 4) is 0 Å². The molecule has 5 nitrogen and oxygen atoms in total. The molecule has 0 atom stereocenters. The van der Waals surface area contributed by atoms with Gasteiger partial charge in [-0.1, -0.05) is 11.8 Å². The van der Waals surface area contributed by atoms with Crippen LogP contribution in [0.15, 0.2) is 16.5 Å². The largest absolute Gasteiger partial charge is 0.378 e. The molecule has 0 aromatic carbocycles. The zero-order valence-corrected chi connectivity index (χ0v) is 14.4. The second-order valence-electron chi connectivity index (χ2n) is 5.21. The van der Waals surface area contributed by atoms with Crippen LogP contribution in [0.25, 0.3) is 0 Å². The van der Waals surface area contributed by atoms with Crippen molar-refractivity contribution in [1.29, 1.82) is 0 Å². The van der Waals surface area contributed by atoms with Crippen molar-refractivity contribution in [2.45, 2.75) is 23.9 Å². The Bertz CT molecular complexity index is 633. The van der Waals surface area contributed by atoms with E-state index in [9.17, 15) is 0 Å². The molecule has 1 N–H and O–H groups in total. The summed E-state index contributed by atoms with van der Waals surface area (Å²) in [5, 5.41) is 0. The number of pyridine rings is 1. The average molecular weight is 335 g/mol. The smallest absolute Gasteiger partial charge is 0.150 e. The summed E-state index contributed by atoms with van der Waals surface area (Å²) >= 11 is 3.41. The third-order valence-electron chi connectivity index (χ3n) is 3.59. The molecule has 1 aliphatic heterocycles. The third kappa shape index (κ3) is 3.71. The summed E-state index contributed by atoms with van der Waals surface area (Å²) < 4.78 is 6.45. The first kappa shape index (κ1) is 15.6. The topological polar surface area (TPSA) is 62.1 Å². The lowest BCUT2D eigenvalue weighted by molar-refractivity contribution is 0.122. The zero-order valence-electron chi connectivity index (χ0n) is 12.8. The molecule has 1 radical (unpaired) electrons. The fourth-order valence-corrected chi connectivity index (χ4v) is 4.34. The van der Waals surface area contributed by atoms with Gasteiger partial charge in [-0.3, -0.25) is 5.73 Å². The molecular weight excluding hydrogens is 316 g/mol. The highest BCUT2D eigenvalue weighted by atomic mass is 32.2. The van der Waals surface area contributed by atoms with Crippen LogP contribution >= 0.6 is 23.1 Å². The van der Waals surface area contributed by atoms with Crippen molar-refractivity contribution >= 4 is 34.6 Å². The van der Waals surface area contributed by atoms with Crippen LogP contribution < -0.4 is 10.6 Å². The van der Waals surface area contributed by atoms with Gasteiger partial charge in [0.25, 0.3) is 0 Å². The van der Waals surface area contributed by atoms with Gasteiger partial charge in [0, 0.05) is 35.5 Å². The minimum Gasteiger partial charge on any atom is -0.378 e. The molecule has 0 saturated carbocycles. The summed E-state index contributed by atoms with van der Waals surface area (Å²) in [6, 6.07) is 3.92. The van der Waals surface area contributed by atoms with E-state index in [1.54, 1.807) is 23.1 Å². The lowest BCUT2D eigenvalue weighted by atomic mass is 10.2. The predicted molar refractivity (Wildman–Crippen MR) is 91.2 cm³/mol. The number of aryl methyl sites for hydroxylation is 2. The highest BCUT2D eigenvalue weighted by molar-refractivity contribution is 8.00. The van der Waals surface area contributed by atoms with Crippen LogP contribution in [0.5, 0.6) is 0 Å². The molecule has 0 spiro atoms. The standard InChI is InChI=1S/C15H19N4OS2/c1-10-11(2)22-15(17-10)21-9-12-7-13(8-14(16)18-12)19-3-5-20-6-4-19/h7-8,16H,3-6,9H2,1-2H3. The van der Waals surface area contributed by atoms with Gasteiger partial charge < -0.3 is 9.64 Å². The van der Waals surface area contributed by atoms with Crippen molar-refractivity contribution in [2.24, 2.45) is 0 Å². The Morgan fingerprint density at radius 1 is 1.27 bits per heavy atom. The molecule has 3 rings (SSSR count). The maximum absolute atomic E-state index is 7.93. The van der Waals surface area contributed by atoms with Crippen LogP contribution in [0, 0.1) is 13.8 Å². The molecule has 2 aromatic rings. The zero-order chi connectivity index (χ0) is 15.5. The van der Waals surface area contributed by atoms with E-state index < -0.39 is 0 Å². The fourth-order valence-electron chi connectivity index (χ4n) is 2.29. The Kier molecular flexibility index (Phi) is 4.85. The Morgan fingerprint density at radius 2 is 2.05 bits per heavy atom. The first-order valence-electron chi connectivity index (χ1n) is 7.24. The van der Waals surface area contributed by atoms with E-state index in [1.165, 1.54) is 4.88 Å². The number of anilines is 1. The predicted octanol–water partition coefficient (Wildman–Crippen LogP) is 3.20. The van der Waals surface area contributed by atoms with E-state index in [0.29, 0.717) is 5.82 Å². The number of thiazole rings is 1. The van der Waals surface area contributed by atoms with Crippen molar-refractivity contribution in [2.75, 3.05) is 31.2 Å². The Morgan fingerprint density at radius 3 is 2.73 bits per heavy atom. The second-order valence-corrected chi connectivity index (χ2v) is 7.64. The molecule has 22 heavy (non-hydrogen) atoms. The number of nitrogens with one attached hydrogen (secondary N) is 1. The van der Waals surface area contributed by atoms with Crippen LogP contribution in [0.1, 0.15) is 16.3 Å². The normalized spacial score (nSPS) is 15.3. The highest BCUT2D eigenvalue weighted by Gasteiger charge is 2.13. The Balaban J connectivity index is 1.71. The molecule has 0 bridgehead atoms. The van der Waals surface area contributed by atoms with Crippen LogP contribution in [-0.4, -0.2) is 36.3 Å². The maximum Gasteiger partial charge on any atom is 0.150 e. The van der Waals surface area contributed by atoms with E-state index in [2.05, 4.69) is 27.9 Å². The highest BCUT2D eigenvalue weighted by Crippen LogP contribution is 2.30. The average Bonchev–Trinajstić information content (AvgIpc) is 2.84. The molecule has 7 heteroatoms. The van der Waals surface area contributed by atoms with E-state index >= 15 is 0 Å². The van der Waals surface area contributed by atoms with Gasteiger partial charge in [0.05, 0.1) is 24.6 Å². The van der Waals surface area contributed by atoms with Gasteiger partial charge in [-0.25, -0.2) is 9.97 Å². The molecular formula is C15H19N4OS2. The second kappa shape index (κ2) is 6.85. The number of morpholine rings is 1. The first-order valence-corrected chi connectivity index (χ1v) is 9.04. The monoisotopic (exact) mass is 335 g/mol. The summed E-state index contributed by atoms with van der Waals surface area (Å²) in [7, 11) is 0. The Labute approximate surface area is 138 Å². The van der Waals surface area contributed by atoms with Gasteiger partial charge in [0.15, 0.2) is 4.34 Å². The number of ether oxygens (including phenoxy) is 1. The lowest BCUT2D eigenvalue weighted by Crippen LogP contribution is -2.36. The molecule has 3 heterocycles. The number of hydrogen-bond acceptors (Lipinski definition) is 6. The van der Waals surface area contributed by atoms with Crippen molar-refractivity contribution in [3.63, 3.8) is 0 Å². The van der Waals surface area contributed by atoms with Crippen molar-refractivity contribution < 1.29 is 4.74 Å². The van der Waals surface area contributed by atoms with Crippen molar-refractivity contribution in [1.82, 2.24) is 15.7 Å². The molecule has 0 amide bonds. The fraction of sp³-hybridized carbons (Fsp3) is 0.467. The first-order chi connectivity index (χ1) is 10.6. The summed E-state index contributed by atoms with van der Waals surface area (Å²) in [5.41, 5.74) is 11.0. The molecule has 117 valence electrons. The van der Waals surface area contributed by atoms with Crippen LogP contribution in [0.4, 0.5) is 11.5 Å². The minimum atomic E-state index is 0.325. The van der Waals surface area contributed by atoms with Gasteiger partial charge in [0.2, 0.25) is 0 Å². The summed E-state index contributed by atoms with van der Waals surface area (Å²) in [6.07, 6.45) is 0. The summed E-state index contributed by atoms with van der Waals surface area (Å²) in [5.74, 6) is 1.07. The SMILES string of the molecule is Cc1nc(SCc2cc(N3CCOCC3)cc([NH])n2)sc1C. The number of thioether (sulfide) groups is 1. The molecule has 0 unspecified atom stereocenters. The number of nitrogens with zero attached hydrogens (tertiary/aromatic N) is 3.